The zero-order chi connectivity index (χ0) is 21.5. The molecule has 0 fully saturated rings. The number of hydrogen-bond acceptors (Lipinski definition) is 4. The summed E-state index contributed by atoms with van der Waals surface area (Å²) in [6.07, 6.45) is 0.175. The predicted octanol–water partition coefficient (Wildman–Crippen LogP) is 4.62. The Morgan fingerprint density at radius 3 is 2.03 bits per heavy atom. The van der Waals surface area contributed by atoms with Crippen LogP contribution in [0.15, 0.2) is 66.0 Å². The molecule has 0 aliphatic carbocycles. The van der Waals surface area contributed by atoms with E-state index in [1.54, 1.807) is 0 Å². The summed E-state index contributed by atoms with van der Waals surface area (Å²) in [6, 6.07) is 20.3. The molecule has 6 heteroatoms. The number of carbonyl (C=O) groups is 2. The van der Waals surface area contributed by atoms with E-state index >= 15 is 0 Å². The molecule has 156 valence electrons. The second-order valence-corrected chi connectivity index (χ2v) is 8.48. The van der Waals surface area contributed by atoms with Crippen molar-refractivity contribution >= 4 is 28.3 Å². The van der Waals surface area contributed by atoms with Gasteiger partial charge in [0.25, 0.3) is 0 Å². The molecule has 0 aliphatic rings. The van der Waals surface area contributed by atoms with Gasteiger partial charge in [0.05, 0.1) is 12.1 Å². The molecular formula is C24H27N3O2S. The van der Waals surface area contributed by atoms with Crippen LogP contribution in [-0.4, -0.2) is 22.8 Å². The lowest BCUT2D eigenvalue weighted by Crippen LogP contribution is -2.38. The lowest BCUT2D eigenvalue weighted by Gasteiger charge is -2.26. The van der Waals surface area contributed by atoms with Gasteiger partial charge in [-0.2, -0.15) is 0 Å². The molecule has 0 aliphatic heterocycles. The summed E-state index contributed by atoms with van der Waals surface area (Å²) in [5.74, 6) is -0.240. The van der Waals surface area contributed by atoms with E-state index in [9.17, 15) is 9.59 Å². The van der Waals surface area contributed by atoms with Crippen LogP contribution in [0.3, 0.4) is 0 Å². The molecule has 0 saturated carbocycles. The molecule has 0 bridgehead atoms. The SMILES string of the molecule is CC(C)C(=O)Nc1nc(CC(=O)NC(C)C(c2ccccc2)c2ccccc2)cs1. The average molecular weight is 422 g/mol. The molecule has 3 aromatic rings. The molecule has 0 saturated heterocycles. The van der Waals surface area contributed by atoms with Crippen LogP contribution in [0, 0.1) is 5.92 Å². The first-order valence-electron chi connectivity index (χ1n) is 10.1. The Labute approximate surface area is 181 Å². The number of rotatable bonds is 8. The van der Waals surface area contributed by atoms with Crippen molar-refractivity contribution in [3.05, 3.63) is 82.9 Å². The summed E-state index contributed by atoms with van der Waals surface area (Å²) in [5, 5.41) is 8.24. The lowest BCUT2D eigenvalue weighted by molar-refractivity contribution is -0.121. The maximum atomic E-state index is 12.7. The Morgan fingerprint density at radius 2 is 1.50 bits per heavy atom. The van der Waals surface area contributed by atoms with Crippen LogP contribution in [-0.2, 0) is 16.0 Å². The standard InChI is InChI=1S/C24H27N3O2S/c1-16(2)23(29)27-24-26-20(15-30-24)14-21(28)25-17(3)22(18-10-6-4-7-11-18)19-12-8-5-9-13-19/h4-13,15-17,22H,14H2,1-3H3,(H,25,28)(H,26,27,29). The van der Waals surface area contributed by atoms with Crippen molar-refractivity contribution in [1.82, 2.24) is 10.3 Å². The monoisotopic (exact) mass is 421 g/mol. The van der Waals surface area contributed by atoms with Crippen LogP contribution in [0.4, 0.5) is 5.13 Å². The fourth-order valence-electron chi connectivity index (χ4n) is 3.34. The number of nitrogens with one attached hydrogen (secondary N) is 2. The number of benzene rings is 2. The fraction of sp³-hybridized carbons (Fsp3) is 0.292. The molecule has 1 atom stereocenters. The molecular weight excluding hydrogens is 394 g/mol. The van der Waals surface area contributed by atoms with Gasteiger partial charge in [0, 0.05) is 23.3 Å². The molecule has 3 rings (SSSR count). The number of nitrogens with zero attached hydrogens (tertiary/aromatic N) is 1. The van der Waals surface area contributed by atoms with Gasteiger partial charge < -0.3 is 10.6 Å². The summed E-state index contributed by atoms with van der Waals surface area (Å²) in [4.78, 5) is 28.9. The molecule has 1 heterocycles. The Kier molecular flexibility index (Phi) is 7.36. The first kappa shape index (κ1) is 21.7. The van der Waals surface area contributed by atoms with Gasteiger partial charge >= 0.3 is 0 Å². The van der Waals surface area contributed by atoms with Crippen molar-refractivity contribution < 1.29 is 9.59 Å². The van der Waals surface area contributed by atoms with Crippen LogP contribution in [0.1, 0.15) is 43.5 Å². The number of hydrogen-bond donors (Lipinski definition) is 2. The summed E-state index contributed by atoms with van der Waals surface area (Å²) in [6.45, 7) is 5.68. The zero-order valence-electron chi connectivity index (χ0n) is 17.5. The van der Waals surface area contributed by atoms with Gasteiger partial charge in [0.15, 0.2) is 5.13 Å². The van der Waals surface area contributed by atoms with Crippen molar-refractivity contribution in [2.24, 2.45) is 5.92 Å². The van der Waals surface area contributed by atoms with Crippen LogP contribution < -0.4 is 10.6 Å². The van der Waals surface area contributed by atoms with Crippen LogP contribution in [0.2, 0.25) is 0 Å². The van der Waals surface area contributed by atoms with Crippen LogP contribution in [0.5, 0.6) is 0 Å². The maximum absolute atomic E-state index is 12.7. The van der Waals surface area contributed by atoms with Gasteiger partial charge in [-0.15, -0.1) is 11.3 Å². The second kappa shape index (κ2) is 10.2. The zero-order valence-corrected chi connectivity index (χ0v) is 18.3. The summed E-state index contributed by atoms with van der Waals surface area (Å²) >= 11 is 1.33. The van der Waals surface area contributed by atoms with E-state index in [1.165, 1.54) is 11.3 Å². The normalized spacial score (nSPS) is 12.0. The first-order chi connectivity index (χ1) is 14.4. The van der Waals surface area contributed by atoms with Crippen LogP contribution >= 0.6 is 11.3 Å². The summed E-state index contributed by atoms with van der Waals surface area (Å²) < 4.78 is 0. The number of amides is 2. The quantitative estimate of drug-likeness (QED) is 0.558. The van der Waals surface area contributed by atoms with Gasteiger partial charge in [-0.3, -0.25) is 9.59 Å². The van der Waals surface area contributed by atoms with E-state index in [-0.39, 0.29) is 36.1 Å². The maximum Gasteiger partial charge on any atom is 0.228 e. The van der Waals surface area contributed by atoms with E-state index in [0.717, 1.165) is 11.1 Å². The first-order valence-corrected chi connectivity index (χ1v) is 11.0. The Bertz CT molecular complexity index is 931. The highest BCUT2D eigenvalue weighted by molar-refractivity contribution is 7.13. The third-order valence-corrected chi connectivity index (χ3v) is 5.66. The minimum atomic E-state index is -0.116. The largest absolute Gasteiger partial charge is 0.352 e. The minimum Gasteiger partial charge on any atom is -0.352 e. The van der Waals surface area contributed by atoms with Crippen molar-refractivity contribution in [2.75, 3.05) is 5.32 Å². The number of aromatic nitrogens is 1. The Balaban J connectivity index is 1.67. The third-order valence-electron chi connectivity index (χ3n) is 4.85. The van der Waals surface area contributed by atoms with Crippen molar-refractivity contribution in [1.29, 1.82) is 0 Å². The molecule has 2 N–H and O–H groups in total. The van der Waals surface area contributed by atoms with E-state index < -0.39 is 0 Å². The highest BCUT2D eigenvalue weighted by Gasteiger charge is 2.23. The predicted molar refractivity (Wildman–Crippen MR) is 122 cm³/mol. The molecule has 1 aromatic heterocycles. The molecule has 0 radical (unpaired) electrons. The number of thiazole rings is 1. The molecule has 2 amide bonds. The molecule has 2 aromatic carbocycles. The van der Waals surface area contributed by atoms with Gasteiger partial charge in [0.1, 0.15) is 0 Å². The highest BCUT2D eigenvalue weighted by Crippen LogP contribution is 2.28. The van der Waals surface area contributed by atoms with Gasteiger partial charge in [-0.25, -0.2) is 4.98 Å². The average Bonchev–Trinajstić information content (AvgIpc) is 3.16. The van der Waals surface area contributed by atoms with Gasteiger partial charge in [-0.1, -0.05) is 74.5 Å². The van der Waals surface area contributed by atoms with Gasteiger partial charge in [-0.05, 0) is 18.1 Å². The summed E-state index contributed by atoms with van der Waals surface area (Å²) in [5.41, 5.74) is 2.97. The molecule has 30 heavy (non-hydrogen) atoms. The van der Waals surface area contributed by atoms with E-state index in [4.69, 9.17) is 0 Å². The van der Waals surface area contributed by atoms with Gasteiger partial charge in [0.2, 0.25) is 11.8 Å². The lowest BCUT2D eigenvalue weighted by atomic mass is 9.86. The topological polar surface area (TPSA) is 71.1 Å². The fourth-order valence-corrected chi connectivity index (χ4v) is 4.05. The van der Waals surface area contributed by atoms with E-state index in [0.29, 0.717) is 10.8 Å². The Hall–Kier alpha value is -2.99. The summed E-state index contributed by atoms with van der Waals surface area (Å²) in [7, 11) is 0. The van der Waals surface area contributed by atoms with E-state index in [1.807, 2.05) is 62.5 Å². The van der Waals surface area contributed by atoms with E-state index in [2.05, 4.69) is 39.9 Å². The third kappa shape index (κ3) is 5.76. The molecule has 1 unspecified atom stereocenters. The number of carbonyl (C=O) groups excluding carboxylic acids is 2. The van der Waals surface area contributed by atoms with Crippen molar-refractivity contribution in [2.45, 2.75) is 39.2 Å². The second-order valence-electron chi connectivity index (χ2n) is 7.62. The smallest absolute Gasteiger partial charge is 0.228 e. The molecule has 0 spiro atoms. The number of anilines is 1. The van der Waals surface area contributed by atoms with Crippen molar-refractivity contribution in [3.8, 4) is 0 Å². The van der Waals surface area contributed by atoms with Crippen molar-refractivity contribution in [3.63, 3.8) is 0 Å². The highest BCUT2D eigenvalue weighted by atomic mass is 32.1. The molecule has 5 nitrogen and oxygen atoms in total. The Morgan fingerprint density at radius 1 is 0.933 bits per heavy atom. The minimum absolute atomic E-state index is 0.0488. The van der Waals surface area contributed by atoms with Crippen LogP contribution in [0.25, 0.3) is 0 Å².